The van der Waals surface area contributed by atoms with Crippen molar-refractivity contribution in [2.75, 3.05) is 0 Å². The molecular formula is C5H7NOW. The van der Waals surface area contributed by atoms with Crippen LogP contribution in [0.15, 0.2) is 24.1 Å². The fourth-order valence-corrected chi connectivity index (χ4v) is 0.476. The molecule has 8 heavy (non-hydrogen) atoms. The molecule has 0 heterocycles. The Hall–Kier alpha value is -0.362. The molecule has 0 unspecified atom stereocenters. The summed E-state index contributed by atoms with van der Waals surface area (Å²) in [7, 11) is 0. The Labute approximate surface area is 59.1 Å². The first-order chi connectivity index (χ1) is 3.81. The molecule has 0 rings (SSSR count). The monoisotopic (exact) mass is 281 g/mol. The van der Waals surface area contributed by atoms with E-state index in [0.717, 1.165) is 6.20 Å². The average Bonchev–Trinajstić information content (AvgIpc) is 1.83. The van der Waals surface area contributed by atoms with Crippen molar-refractivity contribution >= 4 is 4.40 Å². The molecule has 0 saturated heterocycles. The third-order valence-corrected chi connectivity index (χ3v) is 1.08. The van der Waals surface area contributed by atoms with Crippen LogP contribution in [0.2, 0.25) is 0 Å². The Kier molecular flexibility index (Phi) is 4.57. The summed E-state index contributed by atoms with van der Waals surface area (Å²) in [6.07, 6.45) is 4.43. The molecule has 3 N–H and O–H groups in total. The van der Waals surface area contributed by atoms with E-state index in [4.69, 9.17) is 10.8 Å². The fraction of sp³-hybridized carbons (Fsp3) is 0. The minimum absolute atomic E-state index is 0.0995. The maximum absolute atomic E-state index is 8.63. The molecule has 3 heteroatoms. The van der Waals surface area contributed by atoms with Crippen LogP contribution < -0.4 is 5.73 Å². The topological polar surface area (TPSA) is 46.2 Å². The summed E-state index contributed by atoms with van der Waals surface area (Å²) in [5, 5.41) is 8.63. The summed E-state index contributed by atoms with van der Waals surface area (Å²) in [4.78, 5) is 0. The van der Waals surface area contributed by atoms with Crippen LogP contribution in [0.4, 0.5) is 0 Å². The van der Waals surface area contributed by atoms with Gasteiger partial charge in [-0.3, -0.25) is 0 Å². The first-order valence-corrected chi connectivity index (χ1v) is 3.73. The molecule has 0 atom stereocenters. The van der Waals surface area contributed by atoms with Crippen LogP contribution in [0.3, 0.4) is 0 Å². The van der Waals surface area contributed by atoms with E-state index in [1.165, 1.54) is 25.4 Å². The molecule has 0 aliphatic carbocycles. The van der Waals surface area contributed by atoms with Gasteiger partial charge in [0.05, 0.1) is 0 Å². The summed E-state index contributed by atoms with van der Waals surface area (Å²) in [6.45, 7) is 0. The molecule has 0 aliphatic rings. The second kappa shape index (κ2) is 4.79. The van der Waals surface area contributed by atoms with Gasteiger partial charge in [0, 0.05) is 0 Å². The quantitative estimate of drug-likeness (QED) is 0.563. The number of allylic oxidation sites excluding steroid dienone is 2. The van der Waals surface area contributed by atoms with Gasteiger partial charge in [-0.15, -0.1) is 0 Å². The number of hydrogen-bond acceptors (Lipinski definition) is 2. The number of hydrogen-bond donors (Lipinski definition) is 2. The van der Waals surface area contributed by atoms with Crippen molar-refractivity contribution in [1.82, 2.24) is 0 Å². The van der Waals surface area contributed by atoms with Crippen LogP contribution >= 0.6 is 0 Å². The SMILES string of the molecule is NC=C(O)C=C[CH]=[W]. The molecule has 44 valence electrons. The second-order valence-corrected chi connectivity index (χ2v) is 2.06. The predicted molar refractivity (Wildman–Crippen MR) is 30.1 cm³/mol. The van der Waals surface area contributed by atoms with Gasteiger partial charge in [0.25, 0.3) is 0 Å². The molecule has 0 fully saturated rings. The Morgan fingerprint density at radius 2 is 2.25 bits per heavy atom. The molecule has 0 saturated carbocycles. The Bertz CT molecular complexity index is 128. The van der Waals surface area contributed by atoms with Crippen LogP contribution in [-0.4, -0.2) is 9.51 Å². The number of rotatable bonds is 2. The summed E-state index contributed by atoms with van der Waals surface area (Å²) >= 11 is 1.35. The van der Waals surface area contributed by atoms with Crippen LogP contribution in [0.1, 0.15) is 0 Å². The first-order valence-electron chi connectivity index (χ1n) is 2.04. The molecule has 2 nitrogen and oxygen atoms in total. The number of nitrogens with two attached hydrogens (primary N) is 1. The fourth-order valence-electron chi connectivity index (χ4n) is 0.193. The van der Waals surface area contributed by atoms with Crippen molar-refractivity contribution < 1.29 is 24.5 Å². The van der Waals surface area contributed by atoms with Crippen molar-refractivity contribution in [3.63, 3.8) is 0 Å². The Morgan fingerprint density at radius 3 is 2.62 bits per heavy atom. The van der Waals surface area contributed by atoms with E-state index >= 15 is 0 Å². The van der Waals surface area contributed by atoms with E-state index in [1.807, 2.05) is 4.40 Å². The normalized spacial score (nSPS) is 12.2. The standard InChI is InChI=1S/C5H7NO.W/c1-2-3-5(7)4-6;/h1-4,7H,6H2;. The Balaban J connectivity index is 3.69. The maximum atomic E-state index is 8.63. The van der Waals surface area contributed by atoms with Gasteiger partial charge in [0.1, 0.15) is 0 Å². The van der Waals surface area contributed by atoms with Crippen molar-refractivity contribution in [3.8, 4) is 0 Å². The van der Waals surface area contributed by atoms with E-state index in [1.54, 1.807) is 6.08 Å². The van der Waals surface area contributed by atoms with Gasteiger partial charge in [-0.25, -0.2) is 0 Å². The summed E-state index contributed by atoms with van der Waals surface area (Å²) < 4.78 is 1.89. The minimum atomic E-state index is 0.0995. The predicted octanol–water partition coefficient (Wildman–Crippen LogP) is 0.250. The van der Waals surface area contributed by atoms with Crippen molar-refractivity contribution in [1.29, 1.82) is 0 Å². The van der Waals surface area contributed by atoms with Crippen molar-refractivity contribution in [2.24, 2.45) is 5.73 Å². The molecule has 0 aromatic rings. The van der Waals surface area contributed by atoms with Crippen LogP contribution in [0.5, 0.6) is 0 Å². The third-order valence-electron chi connectivity index (χ3n) is 0.516. The molecule has 0 aromatic heterocycles. The van der Waals surface area contributed by atoms with Gasteiger partial charge >= 0.3 is 58.7 Å². The summed E-state index contributed by atoms with van der Waals surface area (Å²) in [6, 6.07) is 0. The summed E-state index contributed by atoms with van der Waals surface area (Å²) in [5.41, 5.74) is 4.94. The van der Waals surface area contributed by atoms with Crippen molar-refractivity contribution in [3.05, 3.63) is 24.1 Å². The van der Waals surface area contributed by atoms with Gasteiger partial charge in [0.15, 0.2) is 0 Å². The van der Waals surface area contributed by atoms with Gasteiger partial charge in [0.2, 0.25) is 0 Å². The first kappa shape index (κ1) is 7.64. The van der Waals surface area contributed by atoms with E-state index in [0.29, 0.717) is 0 Å². The average molecular weight is 281 g/mol. The summed E-state index contributed by atoms with van der Waals surface area (Å²) in [5.74, 6) is 0.0995. The Morgan fingerprint density at radius 1 is 1.62 bits per heavy atom. The zero-order chi connectivity index (χ0) is 6.41. The zero-order valence-electron chi connectivity index (χ0n) is 4.24. The zero-order valence-corrected chi connectivity index (χ0v) is 7.18. The van der Waals surface area contributed by atoms with Gasteiger partial charge in [-0.2, -0.15) is 0 Å². The second-order valence-electron chi connectivity index (χ2n) is 1.09. The molecule has 0 aromatic carbocycles. The van der Waals surface area contributed by atoms with E-state index in [9.17, 15) is 0 Å². The molecule has 0 radical (unpaired) electrons. The molecular weight excluding hydrogens is 274 g/mol. The molecule has 0 spiro atoms. The van der Waals surface area contributed by atoms with E-state index < -0.39 is 0 Å². The van der Waals surface area contributed by atoms with Crippen LogP contribution in [0, 0.1) is 0 Å². The van der Waals surface area contributed by atoms with Crippen molar-refractivity contribution in [2.45, 2.75) is 0 Å². The van der Waals surface area contributed by atoms with Crippen LogP contribution in [0.25, 0.3) is 0 Å². The van der Waals surface area contributed by atoms with E-state index in [-0.39, 0.29) is 5.76 Å². The third kappa shape index (κ3) is 3.82. The van der Waals surface area contributed by atoms with Gasteiger partial charge in [-0.1, -0.05) is 0 Å². The van der Waals surface area contributed by atoms with Crippen LogP contribution in [-0.2, 0) is 19.4 Å². The number of aliphatic hydroxyl groups is 1. The molecule has 0 amide bonds. The number of aliphatic hydroxyl groups excluding tert-OH is 1. The van der Waals surface area contributed by atoms with Gasteiger partial charge in [-0.05, 0) is 0 Å². The van der Waals surface area contributed by atoms with Gasteiger partial charge < -0.3 is 0 Å². The van der Waals surface area contributed by atoms with E-state index in [2.05, 4.69) is 0 Å². The molecule has 0 bridgehead atoms. The molecule has 0 aliphatic heterocycles.